The second-order valence-electron chi connectivity index (χ2n) is 7.96. The number of anilines is 3. The van der Waals surface area contributed by atoms with Gasteiger partial charge in [0.25, 0.3) is 0 Å². The number of rotatable bonds is 5. The van der Waals surface area contributed by atoms with Crippen molar-refractivity contribution in [3.63, 3.8) is 0 Å². The molecular formula is C23H26FN3O5. The first kappa shape index (κ1) is 20.7. The first-order valence-corrected chi connectivity index (χ1v) is 10.8. The molecule has 0 radical (unpaired) electrons. The Morgan fingerprint density at radius 1 is 1.28 bits per heavy atom. The maximum Gasteiger partial charge on any atom is 0.340 e. The number of hydrogen-bond acceptors (Lipinski definition) is 8. The van der Waals surface area contributed by atoms with Crippen LogP contribution in [0.1, 0.15) is 19.6 Å². The van der Waals surface area contributed by atoms with Crippen molar-refractivity contribution < 1.29 is 27.8 Å². The lowest BCUT2D eigenvalue weighted by atomic mass is 10.0. The summed E-state index contributed by atoms with van der Waals surface area (Å²) in [6, 6.07) is 6.36. The lowest BCUT2D eigenvalue weighted by Gasteiger charge is -2.41. The fourth-order valence-electron chi connectivity index (χ4n) is 4.55. The molecule has 1 fully saturated rings. The Kier molecular flexibility index (Phi) is 5.42. The fourth-order valence-corrected chi connectivity index (χ4v) is 4.55. The molecule has 0 bridgehead atoms. The average Bonchev–Trinajstić information content (AvgIpc) is 3.43. The number of carbonyl (C=O) groups is 1. The highest BCUT2D eigenvalue weighted by Crippen LogP contribution is 2.43. The lowest BCUT2D eigenvalue weighted by molar-refractivity contribution is -0.141. The molecule has 8 nitrogen and oxygen atoms in total. The SMILES string of the molecule is CCN1c2cc(N3CCOCC3)c(F)cc2N[C@H]2C(C(=O)OCc3ccco3)=C(C)O[C@H]21. The van der Waals surface area contributed by atoms with Crippen LogP contribution < -0.4 is 15.1 Å². The van der Waals surface area contributed by atoms with E-state index in [-0.39, 0.29) is 12.4 Å². The van der Waals surface area contributed by atoms with E-state index in [9.17, 15) is 4.79 Å². The zero-order valence-corrected chi connectivity index (χ0v) is 18.1. The Labute approximate surface area is 185 Å². The molecule has 1 aromatic heterocycles. The first-order chi connectivity index (χ1) is 15.6. The fraction of sp³-hybridized carbons (Fsp3) is 0.435. The molecule has 1 N–H and O–H groups in total. The standard InChI is InChI=1S/C23H26FN3O5/c1-3-27-19-12-18(26-6-9-29-10-7-26)16(24)11-17(19)25-21-20(14(2)32-22(21)27)23(28)31-13-15-5-4-8-30-15/h4-5,8,11-12,21-22,25H,3,6-7,9-10,13H2,1-2H3/t21-,22+/m0/s1. The molecular weight excluding hydrogens is 417 g/mol. The molecule has 1 aromatic carbocycles. The van der Waals surface area contributed by atoms with Crippen LogP contribution in [-0.4, -0.2) is 51.1 Å². The molecule has 0 saturated carbocycles. The largest absolute Gasteiger partial charge is 0.472 e. The minimum atomic E-state index is -0.483. The predicted molar refractivity (Wildman–Crippen MR) is 116 cm³/mol. The molecule has 3 aliphatic heterocycles. The number of fused-ring (bicyclic) bond motifs is 2. The quantitative estimate of drug-likeness (QED) is 0.706. The number of likely N-dealkylation sites (N-methyl/N-ethyl adjacent to an activating group) is 1. The Morgan fingerprint density at radius 3 is 2.81 bits per heavy atom. The molecule has 5 rings (SSSR count). The summed E-state index contributed by atoms with van der Waals surface area (Å²) >= 11 is 0. The normalized spacial score (nSPS) is 22.2. The Bertz CT molecular complexity index is 1030. The summed E-state index contributed by atoms with van der Waals surface area (Å²) in [7, 11) is 0. The van der Waals surface area contributed by atoms with Crippen LogP contribution in [0.3, 0.4) is 0 Å². The van der Waals surface area contributed by atoms with Crippen molar-refractivity contribution in [3.8, 4) is 0 Å². The number of morpholine rings is 1. The van der Waals surface area contributed by atoms with Crippen molar-refractivity contribution in [1.29, 1.82) is 0 Å². The lowest BCUT2D eigenvalue weighted by Crippen LogP contribution is -2.51. The van der Waals surface area contributed by atoms with Gasteiger partial charge in [0.15, 0.2) is 6.23 Å². The van der Waals surface area contributed by atoms with Crippen LogP contribution in [0.4, 0.5) is 21.5 Å². The van der Waals surface area contributed by atoms with E-state index in [0.29, 0.717) is 61.3 Å². The topological polar surface area (TPSA) is 76.4 Å². The number of esters is 1. The van der Waals surface area contributed by atoms with E-state index in [1.165, 1.54) is 12.3 Å². The van der Waals surface area contributed by atoms with Crippen LogP contribution >= 0.6 is 0 Å². The molecule has 1 saturated heterocycles. The summed E-state index contributed by atoms with van der Waals surface area (Å²) in [6.07, 6.45) is 1.10. The maximum atomic E-state index is 15.1. The third-order valence-corrected chi connectivity index (χ3v) is 6.10. The molecule has 0 amide bonds. The minimum absolute atomic E-state index is 0.0333. The number of nitrogens with zero attached hydrogens (tertiary/aromatic N) is 2. The zero-order valence-electron chi connectivity index (χ0n) is 18.1. The van der Waals surface area contributed by atoms with Crippen molar-refractivity contribution in [2.24, 2.45) is 0 Å². The number of carbonyl (C=O) groups excluding carboxylic acids is 1. The molecule has 0 unspecified atom stereocenters. The average molecular weight is 443 g/mol. The molecule has 32 heavy (non-hydrogen) atoms. The van der Waals surface area contributed by atoms with Gasteiger partial charge in [0.05, 0.1) is 36.5 Å². The number of nitrogens with one attached hydrogen (secondary N) is 1. The van der Waals surface area contributed by atoms with Gasteiger partial charge in [0.2, 0.25) is 0 Å². The Hall–Kier alpha value is -3.20. The van der Waals surface area contributed by atoms with Crippen molar-refractivity contribution in [2.75, 3.05) is 48.0 Å². The smallest absolute Gasteiger partial charge is 0.340 e. The number of hydrogen-bond donors (Lipinski definition) is 1. The van der Waals surface area contributed by atoms with Crippen LogP contribution in [0.2, 0.25) is 0 Å². The van der Waals surface area contributed by atoms with Crippen molar-refractivity contribution in [2.45, 2.75) is 32.7 Å². The van der Waals surface area contributed by atoms with Crippen LogP contribution in [0, 0.1) is 5.82 Å². The Balaban J connectivity index is 1.41. The zero-order chi connectivity index (χ0) is 22.2. The summed E-state index contributed by atoms with van der Waals surface area (Å²) in [6.45, 7) is 6.86. The van der Waals surface area contributed by atoms with Crippen molar-refractivity contribution in [3.05, 3.63) is 53.4 Å². The van der Waals surface area contributed by atoms with E-state index in [2.05, 4.69) is 10.2 Å². The number of halogens is 1. The van der Waals surface area contributed by atoms with E-state index in [4.69, 9.17) is 18.6 Å². The highest BCUT2D eigenvalue weighted by molar-refractivity contribution is 5.93. The number of furan rings is 1. The van der Waals surface area contributed by atoms with Gasteiger partial charge in [0, 0.05) is 25.7 Å². The van der Waals surface area contributed by atoms with Gasteiger partial charge in [-0.3, -0.25) is 0 Å². The first-order valence-electron chi connectivity index (χ1n) is 10.8. The molecule has 0 aliphatic carbocycles. The second-order valence-corrected chi connectivity index (χ2v) is 7.96. The van der Waals surface area contributed by atoms with Gasteiger partial charge in [0.1, 0.15) is 35.6 Å². The summed E-state index contributed by atoms with van der Waals surface area (Å²) in [5.41, 5.74) is 2.42. The van der Waals surface area contributed by atoms with Crippen LogP contribution in [-0.2, 0) is 25.6 Å². The molecule has 0 spiro atoms. The maximum absolute atomic E-state index is 15.1. The summed E-state index contributed by atoms with van der Waals surface area (Å²) in [4.78, 5) is 16.9. The second kappa shape index (κ2) is 8.38. The van der Waals surface area contributed by atoms with Crippen molar-refractivity contribution >= 4 is 23.0 Å². The highest BCUT2D eigenvalue weighted by Gasteiger charge is 2.46. The van der Waals surface area contributed by atoms with Gasteiger partial charge in [-0.15, -0.1) is 0 Å². The van der Waals surface area contributed by atoms with Gasteiger partial charge in [-0.05, 0) is 32.0 Å². The monoisotopic (exact) mass is 443 g/mol. The number of allylic oxidation sites excluding steroid dienone is 1. The molecule has 2 atom stereocenters. The summed E-state index contributed by atoms with van der Waals surface area (Å²) < 4.78 is 37.2. The molecule has 2 aromatic rings. The van der Waals surface area contributed by atoms with E-state index in [1.54, 1.807) is 19.1 Å². The third kappa shape index (κ3) is 3.56. The molecule has 9 heteroatoms. The number of benzene rings is 1. The van der Waals surface area contributed by atoms with E-state index in [1.807, 2.05) is 17.9 Å². The van der Waals surface area contributed by atoms with Gasteiger partial charge in [-0.25, -0.2) is 9.18 Å². The molecule has 4 heterocycles. The van der Waals surface area contributed by atoms with Gasteiger partial charge in [-0.1, -0.05) is 0 Å². The van der Waals surface area contributed by atoms with Crippen LogP contribution in [0.15, 0.2) is 46.3 Å². The highest BCUT2D eigenvalue weighted by atomic mass is 19.1. The molecule has 170 valence electrons. The summed E-state index contributed by atoms with van der Waals surface area (Å²) in [5.74, 6) is 0.261. The summed E-state index contributed by atoms with van der Waals surface area (Å²) in [5, 5.41) is 3.32. The van der Waals surface area contributed by atoms with Gasteiger partial charge in [-0.2, -0.15) is 0 Å². The predicted octanol–water partition coefficient (Wildman–Crippen LogP) is 3.25. The van der Waals surface area contributed by atoms with Crippen LogP contribution in [0.25, 0.3) is 0 Å². The van der Waals surface area contributed by atoms with Gasteiger partial charge >= 0.3 is 5.97 Å². The molecule has 3 aliphatic rings. The Morgan fingerprint density at radius 2 is 2.09 bits per heavy atom. The van der Waals surface area contributed by atoms with E-state index in [0.717, 1.165) is 5.69 Å². The van der Waals surface area contributed by atoms with Crippen LogP contribution in [0.5, 0.6) is 0 Å². The van der Waals surface area contributed by atoms with Crippen molar-refractivity contribution in [1.82, 2.24) is 0 Å². The third-order valence-electron chi connectivity index (χ3n) is 6.10. The van der Waals surface area contributed by atoms with E-state index >= 15 is 4.39 Å². The minimum Gasteiger partial charge on any atom is -0.472 e. The van der Waals surface area contributed by atoms with Gasteiger partial charge < -0.3 is 33.7 Å². The number of ether oxygens (including phenoxy) is 3. The van der Waals surface area contributed by atoms with E-state index < -0.39 is 18.2 Å².